The van der Waals surface area contributed by atoms with E-state index >= 15 is 0 Å². The van der Waals surface area contributed by atoms with Crippen LogP contribution in [0.25, 0.3) is 0 Å². The number of ether oxygens (including phenoxy) is 3. The number of hydroxylamine groups is 1. The molecule has 0 spiro atoms. The number of halogens is 1. The summed E-state index contributed by atoms with van der Waals surface area (Å²) in [5.41, 5.74) is 1.42. The van der Waals surface area contributed by atoms with Gasteiger partial charge in [-0.25, -0.2) is 4.79 Å². The molecule has 2 amide bonds. The van der Waals surface area contributed by atoms with Crippen molar-refractivity contribution < 1.29 is 28.6 Å². The minimum Gasteiger partial charge on any atom is -0.442 e. The second kappa shape index (κ2) is 16.1. The Hall–Kier alpha value is -1.09. The zero-order valence-corrected chi connectivity index (χ0v) is 16.9. The van der Waals surface area contributed by atoms with Gasteiger partial charge in [0.2, 0.25) is 5.91 Å². The van der Waals surface area contributed by atoms with Gasteiger partial charge in [-0.3, -0.25) is 9.63 Å². The summed E-state index contributed by atoms with van der Waals surface area (Å²) in [5.74, 6) is 0.357. The standard InChI is InChI=1S/C17H33ClN2O6/c1-17(2,3)26-16(22)20-25-14-15(21)19-9-11-24-13-12-23-10-7-5-4-6-8-18/h4-14H2,1-3H3,(H,19,21)(H,20,22). The topological polar surface area (TPSA) is 95.1 Å². The van der Waals surface area contributed by atoms with Crippen molar-refractivity contribution in [1.82, 2.24) is 10.8 Å². The van der Waals surface area contributed by atoms with Gasteiger partial charge in [-0.2, -0.15) is 5.48 Å². The first-order chi connectivity index (χ1) is 12.3. The zero-order valence-electron chi connectivity index (χ0n) is 16.1. The molecule has 26 heavy (non-hydrogen) atoms. The van der Waals surface area contributed by atoms with Gasteiger partial charge < -0.3 is 19.5 Å². The zero-order chi connectivity index (χ0) is 19.7. The summed E-state index contributed by atoms with van der Waals surface area (Å²) in [6, 6.07) is 0. The molecule has 0 aliphatic rings. The van der Waals surface area contributed by atoms with E-state index in [1.54, 1.807) is 20.8 Å². The van der Waals surface area contributed by atoms with E-state index in [0.29, 0.717) is 26.4 Å². The Morgan fingerprint density at radius 2 is 1.58 bits per heavy atom. The molecule has 9 heteroatoms. The highest BCUT2D eigenvalue weighted by Gasteiger charge is 2.16. The number of nitrogens with one attached hydrogen (secondary N) is 2. The van der Waals surface area contributed by atoms with Crippen LogP contribution in [0.2, 0.25) is 0 Å². The van der Waals surface area contributed by atoms with Crippen molar-refractivity contribution in [1.29, 1.82) is 0 Å². The fraction of sp³-hybridized carbons (Fsp3) is 0.882. The first-order valence-corrected chi connectivity index (χ1v) is 9.47. The Balaban J connectivity index is 3.33. The summed E-state index contributed by atoms with van der Waals surface area (Å²) in [4.78, 5) is 27.5. The number of carbonyl (C=O) groups is 2. The van der Waals surface area contributed by atoms with Crippen LogP contribution in [-0.4, -0.2) is 63.1 Å². The van der Waals surface area contributed by atoms with Crippen LogP contribution in [0.4, 0.5) is 4.79 Å². The van der Waals surface area contributed by atoms with Gasteiger partial charge in [-0.05, 0) is 33.6 Å². The predicted octanol–water partition coefficient (Wildman–Crippen LogP) is 2.39. The SMILES string of the molecule is CC(C)(C)OC(=O)NOCC(=O)NCCOCCOCCCCCCCl. The van der Waals surface area contributed by atoms with Gasteiger partial charge in [0.05, 0.1) is 19.8 Å². The Morgan fingerprint density at radius 1 is 0.923 bits per heavy atom. The molecule has 154 valence electrons. The summed E-state index contributed by atoms with van der Waals surface area (Å²) in [7, 11) is 0. The molecule has 0 aliphatic carbocycles. The van der Waals surface area contributed by atoms with Gasteiger partial charge >= 0.3 is 6.09 Å². The lowest BCUT2D eigenvalue weighted by atomic mass is 10.2. The van der Waals surface area contributed by atoms with Crippen LogP contribution in [-0.2, 0) is 23.8 Å². The average molecular weight is 397 g/mol. The number of alkyl halides is 1. The highest BCUT2D eigenvalue weighted by molar-refractivity contribution is 6.17. The predicted molar refractivity (Wildman–Crippen MR) is 99.2 cm³/mol. The summed E-state index contributed by atoms with van der Waals surface area (Å²) in [5, 5.41) is 2.60. The molecule has 0 heterocycles. The van der Waals surface area contributed by atoms with Crippen LogP contribution in [0.5, 0.6) is 0 Å². The molecule has 0 rings (SSSR count). The van der Waals surface area contributed by atoms with Crippen LogP contribution >= 0.6 is 11.6 Å². The Kier molecular flexibility index (Phi) is 15.4. The molecule has 0 atom stereocenters. The van der Waals surface area contributed by atoms with E-state index in [-0.39, 0.29) is 12.5 Å². The second-order valence-corrected chi connectivity index (χ2v) is 6.95. The lowest BCUT2D eigenvalue weighted by Gasteiger charge is -2.19. The molecule has 0 aromatic heterocycles. The Labute approximate surface area is 161 Å². The van der Waals surface area contributed by atoms with Crippen molar-refractivity contribution in [3.63, 3.8) is 0 Å². The number of hydrogen-bond acceptors (Lipinski definition) is 6. The molecule has 0 unspecified atom stereocenters. The van der Waals surface area contributed by atoms with Gasteiger partial charge in [0, 0.05) is 19.0 Å². The third kappa shape index (κ3) is 19.2. The quantitative estimate of drug-likeness (QED) is 0.251. The van der Waals surface area contributed by atoms with Gasteiger partial charge in [-0.1, -0.05) is 12.8 Å². The van der Waals surface area contributed by atoms with E-state index in [1.807, 2.05) is 5.48 Å². The molecule has 0 aromatic rings. The molecule has 0 saturated heterocycles. The fourth-order valence-electron chi connectivity index (χ4n) is 1.75. The number of rotatable bonds is 15. The van der Waals surface area contributed by atoms with Crippen LogP contribution in [0.15, 0.2) is 0 Å². The summed E-state index contributed by atoms with van der Waals surface area (Å²) >= 11 is 5.60. The van der Waals surface area contributed by atoms with Crippen molar-refractivity contribution in [2.75, 3.05) is 45.5 Å². The molecule has 0 bridgehead atoms. The molecule has 0 fully saturated rings. The van der Waals surface area contributed by atoms with E-state index in [0.717, 1.165) is 38.2 Å². The maximum atomic E-state index is 11.5. The van der Waals surface area contributed by atoms with E-state index in [1.165, 1.54) is 0 Å². The first kappa shape index (κ1) is 24.9. The summed E-state index contributed by atoms with van der Waals surface area (Å²) < 4.78 is 15.7. The molecular formula is C17H33ClN2O6. The monoisotopic (exact) mass is 396 g/mol. The molecule has 8 nitrogen and oxygen atoms in total. The number of unbranched alkanes of at least 4 members (excludes halogenated alkanes) is 3. The third-order valence-corrected chi connectivity index (χ3v) is 3.14. The van der Waals surface area contributed by atoms with Crippen LogP contribution in [0.1, 0.15) is 46.5 Å². The average Bonchev–Trinajstić information content (AvgIpc) is 2.54. The minimum absolute atomic E-state index is 0.300. The lowest BCUT2D eigenvalue weighted by Crippen LogP contribution is -2.37. The van der Waals surface area contributed by atoms with Crippen molar-refractivity contribution in [2.45, 2.75) is 52.1 Å². The van der Waals surface area contributed by atoms with Gasteiger partial charge in [0.1, 0.15) is 5.60 Å². The highest BCUT2D eigenvalue weighted by Crippen LogP contribution is 2.06. The van der Waals surface area contributed by atoms with E-state index in [9.17, 15) is 9.59 Å². The van der Waals surface area contributed by atoms with Crippen LogP contribution in [0.3, 0.4) is 0 Å². The van der Waals surface area contributed by atoms with Crippen molar-refractivity contribution in [2.24, 2.45) is 0 Å². The fourth-order valence-corrected chi connectivity index (χ4v) is 1.94. The Morgan fingerprint density at radius 3 is 2.23 bits per heavy atom. The molecule has 0 aliphatic heterocycles. The highest BCUT2D eigenvalue weighted by atomic mass is 35.5. The van der Waals surface area contributed by atoms with Crippen molar-refractivity contribution >= 4 is 23.6 Å². The first-order valence-electron chi connectivity index (χ1n) is 8.94. The molecule has 2 N–H and O–H groups in total. The molecule has 0 aromatic carbocycles. The normalized spacial score (nSPS) is 11.2. The minimum atomic E-state index is -0.743. The third-order valence-electron chi connectivity index (χ3n) is 2.87. The largest absolute Gasteiger partial charge is 0.442 e. The molecular weight excluding hydrogens is 364 g/mol. The summed E-state index contributed by atoms with van der Waals surface area (Å²) in [6.45, 7) is 7.36. The van der Waals surface area contributed by atoms with E-state index in [2.05, 4.69) is 5.32 Å². The van der Waals surface area contributed by atoms with Crippen LogP contribution in [0, 0.1) is 0 Å². The molecule has 0 saturated carbocycles. The van der Waals surface area contributed by atoms with Crippen molar-refractivity contribution in [3.8, 4) is 0 Å². The van der Waals surface area contributed by atoms with E-state index in [4.69, 9.17) is 30.6 Å². The molecule has 0 radical (unpaired) electrons. The lowest BCUT2D eigenvalue weighted by molar-refractivity contribution is -0.128. The summed E-state index contributed by atoms with van der Waals surface area (Å²) in [6.07, 6.45) is 3.61. The van der Waals surface area contributed by atoms with Crippen molar-refractivity contribution in [3.05, 3.63) is 0 Å². The number of amides is 2. The number of hydrogen-bond donors (Lipinski definition) is 2. The number of carbonyl (C=O) groups excluding carboxylic acids is 2. The Bertz CT molecular complexity index is 377. The van der Waals surface area contributed by atoms with E-state index < -0.39 is 11.7 Å². The van der Waals surface area contributed by atoms with Gasteiger partial charge in [-0.15, -0.1) is 11.6 Å². The maximum absolute atomic E-state index is 11.5. The maximum Gasteiger partial charge on any atom is 0.431 e. The van der Waals surface area contributed by atoms with Gasteiger partial charge in [0.15, 0.2) is 6.61 Å². The second-order valence-electron chi connectivity index (χ2n) is 6.57. The van der Waals surface area contributed by atoms with Gasteiger partial charge in [0.25, 0.3) is 0 Å². The smallest absolute Gasteiger partial charge is 0.431 e. The van der Waals surface area contributed by atoms with Crippen LogP contribution < -0.4 is 10.8 Å².